The maximum absolute atomic E-state index is 12.6. The summed E-state index contributed by atoms with van der Waals surface area (Å²) >= 11 is 0. The lowest BCUT2D eigenvalue weighted by atomic mass is 10.1. The number of rotatable bonds is 4. The van der Waals surface area contributed by atoms with Gasteiger partial charge in [0.15, 0.2) is 11.5 Å². The number of alkyl halides is 3. The van der Waals surface area contributed by atoms with Crippen LogP contribution in [0.5, 0.6) is 0 Å². The molecule has 1 N–H and O–H groups in total. The monoisotopic (exact) mass is 315 g/mol. The van der Waals surface area contributed by atoms with Crippen molar-refractivity contribution < 1.29 is 18.0 Å². The van der Waals surface area contributed by atoms with E-state index in [1.807, 2.05) is 0 Å². The summed E-state index contributed by atoms with van der Waals surface area (Å²) in [5, 5.41) is 10.1. The first-order chi connectivity index (χ1) is 10.2. The van der Waals surface area contributed by atoms with Gasteiger partial charge in [-0.25, -0.2) is 0 Å². The molecular weight excluding hydrogens is 299 g/mol. The van der Waals surface area contributed by atoms with Gasteiger partial charge < -0.3 is 5.32 Å². The number of nitrogens with zero attached hydrogens (tertiary/aromatic N) is 4. The van der Waals surface area contributed by atoms with Crippen molar-refractivity contribution in [2.45, 2.75) is 26.6 Å². The van der Waals surface area contributed by atoms with Crippen LogP contribution < -0.4 is 5.32 Å². The topological polar surface area (TPSA) is 64.7 Å². The third-order valence-electron chi connectivity index (χ3n) is 3.13. The van der Waals surface area contributed by atoms with E-state index in [4.69, 9.17) is 0 Å². The van der Waals surface area contributed by atoms with E-state index in [2.05, 4.69) is 15.5 Å². The van der Waals surface area contributed by atoms with Crippen molar-refractivity contribution in [1.29, 1.82) is 0 Å². The molecule has 1 atom stereocenters. The van der Waals surface area contributed by atoms with Gasteiger partial charge in [0.05, 0.1) is 12.5 Å². The van der Waals surface area contributed by atoms with Gasteiger partial charge in [-0.15, -0.1) is 0 Å². The predicted molar refractivity (Wildman–Crippen MR) is 73.0 cm³/mol. The van der Waals surface area contributed by atoms with Crippen LogP contribution in [0, 0.1) is 12.8 Å². The number of hydrogen-bond acceptors (Lipinski definition) is 3. The summed E-state index contributed by atoms with van der Waals surface area (Å²) in [5.74, 6) is -0.489. The standard InChI is InChI=1S/C13H16F3N5O/c1-8(12(22)17-11-4-5-20(3)19-11)7-21-9(2)6-10(18-21)13(14,15)16/h4-6,8H,7H2,1-3H3,(H,17,19,22)/t8-/m0/s1. The Morgan fingerprint density at radius 3 is 2.59 bits per heavy atom. The van der Waals surface area contributed by atoms with E-state index < -0.39 is 17.8 Å². The molecule has 0 aliphatic rings. The molecule has 0 aliphatic heterocycles. The van der Waals surface area contributed by atoms with E-state index in [1.165, 1.54) is 16.3 Å². The van der Waals surface area contributed by atoms with Crippen LogP contribution in [0.4, 0.5) is 19.0 Å². The van der Waals surface area contributed by atoms with Crippen molar-refractivity contribution in [2.75, 3.05) is 5.32 Å². The highest BCUT2D eigenvalue weighted by molar-refractivity contribution is 5.91. The Kier molecular flexibility index (Phi) is 4.25. The molecule has 0 aliphatic carbocycles. The largest absolute Gasteiger partial charge is 0.435 e. The van der Waals surface area contributed by atoms with Crippen LogP contribution in [0.1, 0.15) is 18.3 Å². The summed E-state index contributed by atoms with van der Waals surface area (Å²) in [5.41, 5.74) is -0.604. The van der Waals surface area contributed by atoms with Crippen molar-refractivity contribution in [1.82, 2.24) is 19.6 Å². The van der Waals surface area contributed by atoms with Gasteiger partial charge in [-0.3, -0.25) is 14.2 Å². The zero-order valence-corrected chi connectivity index (χ0v) is 12.3. The van der Waals surface area contributed by atoms with E-state index in [1.54, 1.807) is 26.2 Å². The van der Waals surface area contributed by atoms with Crippen molar-refractivity contribution in [3.63, 3.8) is 0 Å². The van der Waals surface area contributed by atoms with Crippen molar-refractivity contribution >= 4 is 11.7 Å². The Labute approximate surface area is 124 Å². The summed E-state index contributed by atoms with van der Waals surface area (Å²) in [6.45, 7) is 3.19. The Bertz CT molecular complexity index is 674. The van der Waals surface area contributed by atoms with Crippen LogP contribution in [0.3, 0.4) is 0 Å². The maximum Gasteiger partial charge on any atom is 0.435 e. The molecule has 0 spiro atoms. The predicted octanol–water partition coefficient (Wildman–Crippen LogP) is 2.22. The highest BCUT2D eigenvalue weighted by Crippen LogP contribution is 2.28. The van der Waals surface area contributed by atoms with Gasteiger partial charge in [-0.05, 0) is 13.0 Å². The van der Waals surface area contributed by atoms with Gasteiger partial charge in [0.1, 0.15) is 0 Å². The number of amides is 1. The van der Waals surface area contributed by atoms with Crippen LogP contribution in [-0.4, -0.2) is 25.5 Å². The Balaban J connectivity index is 2.03. The summed E-state index contributed by atoms with van der Waals surface area (Å²) in [4.78, 5) is 12.0. The van der Waals surface area contributed by atoms with E-state index in [0.29, 0.717) is 11.5 Å². The van der Waals surface area contributed by atoms with E-state index >= 15 is 0 Å². The molecule has 0 saturated carbocycles. The maximum atomic E-state index is 12.6. The summed E-state index contributed by atoms with van der Waals surface area (Å²) < 4.78 is 40.5. The zero-order valence-electron chi connectivity index (χ0n) is 12.3. The van der Waals surface area contributed by atoms with Crippen LogP contribution in [0.25, 0.3) is 0 Å². The first kappa shape index (κ1) is 16.1. The number of hydrogen-bond donors (Lipinski definition) is 1. The summed E-state index contributed by atoms with van der Waals surface area (Å²) in [7, 11) is 1.71. The molecule has 0 fully saturated rings. The lowest BCUT2D eigenvalue weighted by Gasteiger charge is -2.12. The fraction of sp³-hybridized carbons (Fsp3) is 0.462. The van der Waals surface area contributed by atoms with Crippen LogP contribution >= 0.6 is 0 Å². The molecule has 1 amide bonds. The summed E-state index contributed by atoms with van der Waals surface area (Å²) in [6, 6.07) is 2.59. The van der Waals surface area contributed by atoms with E-state index in [-0.39, 0.29) is 12.5 Å². The van der Waals surface area contributed by atoms with Crippen LogP contribution in [0.2, 0.25) is 0 Å². The normalized spacial score (nSPS) is 13.2. The molecular formula is C13H16F3N5O. The number of nitrogens with one attached hydrogen (secondary N) is 1. The van der Waals surface area contributed by atoms with Crippen molar-refractivity contribution in [2.24, 2.45) is 13.0 Å². The van der Waals surface area contributed by atoms with Gasteiger partial charge in [0.25, 0.3) is 0 Å². The molecule has 2 aromatic rings. The molecule has 0 unspecified atom stereocenters. The van der Waals surface area contributed by atoms with Gasteiger partial charge in [0, 0.05) is 25.0 Å². The molecule has 0 saturated heterocycles. The molecule has 6 nitrogen and oxygen atoms in total. The molecule has 0 aromatic carbocycles. The molecule has 2 rings (SSSR count). The Morgan fingerprint density at radius 2 is 2.09 bits per heavy atom. The lowest BCUT2D eigenvalue weighted by Crippen LogP contribution is -2.25. The second-order valence-electron chi connectivity index (χ2n) is 5.12. The lowest BCUT2D eigenvalue weighted by molar-refractivity contribution is -0.141. The minimum Gasteiger partial charge on any atom is -0.309 e. The third kappa shape index (κ3) is 3.66. The number of carbonyl (C=O) groups is 1. The fourth-order valence-electron chi connectivity index (χ4n) is 1.91. The number of halogens is 3. The van der Waals surface area contributed by atoms with Gasteiger partial charge in [-0.2, -0.15) is 23.4 Å². The molecule has 2 heterocycles. The molecule has 120 valence electrons. The number of aromatic nitrogens is 4. The first-order valence-electron chi connectivity index (χ1n) is 6.59. The van der Waals surface area contributed by atoms with E-state index in [0.717, 1.165) is 6.07 Å². The second kappa shape index (κ2) is 5.82. The third-order valence-corrected chi connectivity index (χ3v) is 3.13. The number of aryl methyl sites for hydroxylation is 2. The quantitative estimate of drug-likeness (QED) is 0.941. The van der Waals surface area contributed by atoms with Gasteiger partial charge in [-0.1, -0.05) is 6.92 Å². The van der Waals surface area contributed by atoms with Gasteiger partial charge >= 0.3 is 6.18 Å². The second-order valence-corrected chi connectivity index (χ2v) is 5.12. The van der Waals surface area contributed by atoms with Crippen molar-refractivity contribution in [3.8, 4) is 0 Å². The smallest absolute Gasteiger partial charge is 0.309 e. The number of anilines is 1. The van der Waals surface area contributed by atoms with Crippen LogP contribution in [0.15, 0.2) is 18.3 Å². The Morgan fingerprint density at radius 1 is 1.41 bits per heavy atom. The Hall–Kier alpha value is -2.32. The number of carbonyl (C=O) groups excluding carboxylic acids is 1. The molecule has 22 heavy (non-hydrogen) atoms. The first-order valence-corrected chi connectivity index (χ1v) is 6.59. The molecule has 9 heteroatoms. The molecule has 2 aromatic heterocycles. The highest BCUT2D eigenvalue weighted by atomic mass is 19.4. The van der Waals surface area contributed by atoms with Crippen molar-refractivity contribution in [3.05, 3.63) is 29.7 Å². The average molecular weight is 315 g/mol. The summed E-state index contributed by atoms with van der Waals surface area (Å²) in [6.07, 6.45) is -2.82. The van der Waals surface area contributed by atoms with Crippen LogP contribution in [-0.2, 0) is 24.6 Å². The molecule has 0 bridgehead atoms. The fourth-order valence-corrected chi connectivity index (χ4v) is 1.91. The van der Waals surface area contributed by atoms with E-state index in [9.17, 15) is 18.0 Å². The zero-order chi connectivity index (χ0) is 16.5. The average Bonchev–Trinajstić information content (AvgIpc) is 2.96. The minimum absolute atomic E-state index is 0.0561. The highest BCUT2D eigenvalue weighted by Gasteiger charge is 2.34. The molecule has 0 radical (unpaired) electrons. The SMILES string of the molecule is Cc1cc(C(F)(F)F)nn1C[C@H](C)C(=O)Nc1ccn(C)n1. The van der Waals surface area contributed by atoms with Gasteiger partial charge in [0.2, 0.25) is 5.91 Å². The minimum atomic E-state index is -4.49.